The van der Waals surface area contributed by atoms with Crippen LogP contribution in [0, 0.1) is 5.92 Å². The standard InChI is InChI=1S/C15H26N4O/c1-4-20-15-11-17-10-14(18-15)19-7-5-6-13(19)9-16-8-12(2)3/h10-13,16H,4-9H2,1-3H3. The molecule has 1 aromatic heterocycles. The molecule has 0 radical (unpaired) electrons. The Morgan fingerprint density at radius 1 is 1.45 bits per heavy atom. The van der Waals surface area contributed by atoms with Gasteiger partial charge in [0.2, 0.25) is 5.88 Å². The number of hydrogen-bond acceptors (Lipinski definition) is 5. The fraction of sp³-hybridized carbons (Fsp3) is 0.733. The molecule has 1 atom stereocenters. The first kappa shape index (κ1) is 15.0. The highest BCUT2D eigenvalue weighted by Crippen LogP contribution is 2.24. The Morgan fingerprint density at radius 3 is 3.05 bits per heavy atom. The van der Waals surface area contributed by atoms with E-state index in [9.17, 15) is 0 Å². The number of hydrogen-bond donors (Lipinski definition) is 1. The maximum absolute atomic E-state index is 5.44. The van der Waals surface area contributed by atoms with E-state index in [0.29, 0.717) is 24.4 Å². The van der Waals surface area contributed by atoms with E-state index in [4.69, 9.17) is 4.74 Å². The Bertz CT molecular complexity index is 411. The van der Waals surface area contributed by atoms with Gasteiger partial charge in [0.25, 0.3) is 0 Å². The summed E-state index contributed by atoms with van der Waals surface area (Å²) >= 11 is 0. The summed E-state index contributed by atoms with van der Waals surface area (Å²) in [7, 11) is 0. The van der Waals surface area contributed by atoms with Crippen LogP contribution in [-0.2, 0) is 0 Å². The van der Waals surface area contributed by atoms with Crippen molar-refractivity contribution in [3.8, 4) is 5.88 Å². The highest BCUT2D eigenvalue weighted by molar-refractivity contribution is 5.40. The fourth-order valence-electron chi connectivity index (χ4n) is 2.58. The average Bonchev–Trinajstić information content (AvgIpc) is 2.87. The molecule has 0 amide bonds. The molecule has 0 saturated carbocycles. The van der Waals surface area contributed by atoms with Crippen LogP contribution in [0.5, 0.6) is 5.88 Å². The van der Waals surface area contributed by atoms with Gasteiger partial charge in [-0.05, 0) is 32.2 Å². The first-order valence-electron chi connectivity index (χ1n) is 7.63. The van der Waals surface area contributed by atoms with E-state index in [0.717, 1.165) is 25.5 Å². The molecular formula is C15H26N4O. The molecule has 5 nitrogen and oxygen atoms in total. The molecule has 1 aromatic rings. The number of rotatable bonds is 7. The van der Waals surface area contributed by atoms with Gasteiger partial charge >= 0.3 is 0 Å². The molecule has 0 aliphatic carbocycles. The van der Waals surface area contributed by atoms with Crippen molar-refractivity contribution in [3.05, 3.63) is 12.4 Å². The average molecular weight is 278 g/mol. The molecule has 1 saturated heterocycles. The van der Waals surface area contributed by atoms with Crippen LogP contribution in [0.1, 0.15) is 33.6 Å². The molecule has 1 N–H and O–H groups in total. The van der Waals surface area contributed by atoms with Crippen molar-refractivity contribution in [2.24, 2.45) is 5.92 Å². The van der Waals surface area contributed by atoms with Crippen LogP contribution < -0.4 is 15.0 Å². The van der Waals surface area contributed by atoms with Gasteiger partial charge in [0.1, 0.15) is 0 Å². The van der Waals surface area contributed by atoms with Gasteiger partial charge in [-0.15, -0.1) is 0 Å². The zero-order valence-corrected chi connectivity index (χ0v) is 12.8. The van der Waals surface area contributed by atoms with Gasteiger partial charge < -0.3 is 15.0 Å². The molecular weight excluding hydrogens is 252 g/mol. The lowest BCUT2D eigenvalue weighted by atomic mass is 10.2. The van der Waals surface area contributed by atoms with E-state index in [2.05, 4.69) is 34.0 Å². The monoisotopic (exact) mass is 278 g/mol. The van der Waals surface area contributed by atoms with E-state index in [-0.39, 0.29) is 0 Å². The Kier molecular flexibility index (Phi) is 5.59. The lowest BCUT2D eigenvalue weighted by Gasteiger charge is -2.26. The van der Waals surface area contributed by atoms with Crippen LogP contribution in [0.4, 0.5) is 5.82 Å². The highest BCUT2D eigenvalue weighted by Gasteiger charge is 2.25. The van der Waals surface area contributed by atoms with E-state index in [1.807, 2.05) is 13.1 Å². The second kappa shape index (κ2) is 7.43. The van der Waals surface area contributed by atoms with Crippen molar-refractivity contribution in [1.29, 1.82) is 0 Å². The van der Waals surface area contributed by atoms with Gasteiger partial charge in [-0.1, -0.05) is 13.8 Å². The van der Waals surface area contributed by atoms with Crippen LogP contribution in [0.15, 0.2) is 12.4 Å². The quantitative estimate of drug-likeness (QED) is 0.827. The van der Waals surface area contributed by atoms with Crippen molar-refractivity contribution in [2.45, 2.75) is 39.7 Å². The summed E-state index contributed by atoms with van der Waals surface area (Å²) in [6.07, 6.45) is 5.94. The molecule has 5 heteroatoms. The lowest BCUT2D eigenvalue weighted by molar-refractivity contribution is 0.325. The topological polar surface area (TPSA) is 50.3 Å². The number of aromatic nitrogens is 2. The summed E-state index contributed by atoms with van der Waals surface area (Å²) in [6, 6.07) is 0.514. The largest absolute Gasteiger partial charge is 0.477 e. The Labute approximate surface area is 121 Å². The van der Waals surface area contributed by atoms with Crippen LogP contribution in [0.2, 0.25) is 0 Å². The normalized spacial score (nSPS) is 18.8. The fourth-order valence-corrected chi connectivity index (χ4v) is 2.58. The molecule has 1 aliphatic heterocycles. The number of anilines is 1. The predicted molar refractivity (Wildman–Crippen MR) is 81.3 cm³/mol. The van der Waals surface area contributed by atoms with Gasteiger partial charge in [0.15, 0.2) is 5.82 Å². The highest BCUT2D eigenvalue weighted by atomic mass is 16.5. The number of nitrogens with one attached hydrogen (secondary N) is 1. The third-order valence-corrected chi connectivity index (χ3v) is 3.50. The third-order valence-electron chi connectivity index (χ3n) is 3.50. The second-order valence-electron chi connectivity index (χ2n) is 5.69. The van der Waals surface area contributed by atoms with Crippen molar-refractivity contribution in [3.63, 3.8) is 0 Å². The number of ether oxygens (including phenoxy) is 1. The molecule has 112 valence electrons. The summed E-state index contributed by atoms with van der Waals surface area (Å²) in [5, 5.41) is 3.55. The summed E-state index contributed by atoms with van der Waals surface area (Å²) in [5.74, 6) is 2.24. The first-order valence-corrected chi connectivity index (χ1v) is 7.63. The van der Waals surface area contributed by atoms with Crippen LogP contribution in [0.25, 0.3) is 0 Å². The molecule has 0 aromatic carbocycles. The maximum atomic E-state index is 5.44. The maximum Gasteiger partial charge on any atom is 0.234 e. The smallest absolute Gasteiger partial charge is 0.234 e. The molecule has 20 heavy (non-hydrogen) atoms. The summed E-state index contributed by atoms with van der Waals surface area (Å²) in [6.45, 7) is 10.2. The summed E-state index contributed by atoms with van der Waals surface area (Å²) < 4.78 is 5.44. The Morgan fingerprint density at radius 2 is 2.30 bits per heavy atom. The Hall–Kier alpha value is -1.36. The SMILES string of the molecule is CCOc1cncc(N2CCCC2CNCC(C)C)n1. The minimum atomic E-state index is 0.514. The van der Waals surface area contributed by atoms with E-state index in [1.54, 1.807) is 6.20 Å². The van der Waals surface area contributed by atoms with E-state index in [1.165, 1.54) is 12.8 Å². The summed E-state index contributed by atoms with van der Waals surface area (Å²) in [4.78, 5) is 11.1. The zero-order chi connectivity index (χ0) is 14.4. The van der Waals surface area contributed by atoms with Crippen molar-refractivity contribution >= 4 is 5.82 Å². The first-order chi connectivity index (χ1) is 9.70. The van der Waals surface area contributed by atoms with Gasteiger partial charge in [-0.3, -0.25) is 4.98 Å². The Balaban J connectivity index is 1.97. The molecule has 1 aliphatic rings. The predicted octanol–water partition coefficient (Wildman–Crippen LogP) is 2.09. The van der Waals surface area contributed by atoms with E-state index < -0.39 is 0 Å². The molecule has 0 bridgehead atoms. The van der Waals surface area contributed by atoms with Gasteiger partial charge in [0, 0.05) is 19.1 Å². The van der Waals surface area contributed by atoms with Crippen molar-refractivity contribution in [1.82, 2.24) is 15.3 Å². The van der Waals surface area contributed by atoms with Gasteiger partial charge in [-0.25, -0.2) is 0 Å². The lowest BCUT2D eigenvalue weighted by Crippen LogP contribution is -2.39. The molecule has 1 fully saturated rings. The zero-order valence-electron chi connectivity index (χ0n) is 12.8. The second-order valence-corrected chi connectivity index (χ2v) is 5.69. The minimum Gasteiger partial charge on any atom is -0.477 e. The van der Waals surface area contributed by atoms with E-state index >= 15 is 0 Å². The third kappa shape index (κ3) is 4.07. The van der Waals surface area contributed by atoms with Crippen LogP contribution in [-0.4, -0.2) is 42.3 Å². The molecule has 2 heterocycles. The van der Waals surface area contributed by atoms with Crippen LogP contribution in [0.3, 0.4) is 0 Å². The summed E-state index contributed by atoms with van der Waals surface area (Å²) in [5.41, 5.74) is 0. The van der Waals surface area contributed by atoms with Gasteiger partial charge in [0.05, 0.1) is 19.0 Å². The molecule has 1 unspecified atom stereocenters. The van der Waals surface area contributed by atoms with Crippen molar-refractivity contribution < 1.29 is 4.74 Å². The number of nitrogens with zero attached hydrogens (tertiary/aromatic N) is 3. The molecule has 2 rings (SSSR count). The van der Waals surface area contributed by atoms with Crippen LogP contribution >= 0.6 is 0 Å². The van der Waals surface area contributed by atoms with Crippen molar-refractivity contribution in [2.75, 3.05) is 31.1 Å². The minimum absolute atomic E-state index is 0.514. The molecule has 0 spiro atoms. The van der Waals surface area contributed by atoms with Gasteiger partial charge in [-0.2, -0.15) is 4.98 Å².